The fraction of sp³-hybridized carbons (Fsp3) is 0.500. The first-order chi connectivity index (χ1) is 11.1. The van der Waals surface area contributed by atoms with Crippen molar-refractivity contribution in [3.05, 3.63) is 29.8 Å². The van der Waals surface area contributed by atoms with Gasteiger partial charge in [0.1, 0.15) is 23.7 Å². The van der Waals surface area contributed by atoms with Crippen LogP contribution in [0.15, 0.2) is 24.3 Å². The Hall–Kier alpha value is -2.37. The summed E-state index contributed by atoms with van der Waals surface area (Å²) < 4.78 is 10.5. The third kappa shape index (κ3) is 7.26. The molecule has 6 heteroatoms. The Balaban J connectivity index is 2.76. The van der Waals surface area contributed by atoms with Crippen LogP contribution in [0.2, 0.25) is 0 Å². The number of aldehydes is 1. The summed E-state index contributed by atoms with van der Waals surface area (Å²) in [5.74, 6) is -0.0892. The Morgan fingerprint density at radius 1 is 1.17 bits per heavy atom. The molecule has 0 bridgehead atoms. The smallest absolute Gasteiger partial charge is 0.408 e. The number of benzene rings is 1. The van der Waals surface area contributed by atoms with E-state index < -0.39 is 23.7 Å². The fourth-order valence-electron chi connectivity index (χ4n) is 1.94. The first-order valence-electron chi connectivity index (χ1n) is 7.87. The molecule has 0 fully saturated rings. The number of rotatable bonds is 6. The van der Waals surface area contributed by atoms with E-state index in [2.05, 4.69) is 5.32 Å². The second-order valence-electron chi connectivity index (χ2n) is 6.94. The molecule has 1 rings (SSSR count). The van der Waals surface area contributed by atoms with Gasteiger partial charge < -0.3 is 14.8 Å². The van der Waals surface area contributed by atoms with Crippen LogP contribution in [0, 0.1) is 5.92 Å². The molecule has 1 atom stereocenters. The van der Waals surface area contributed by atoms with E-state index >= 15 is 0 Å². The van der Waals surface area contributed by atoms with Crippen LogP contribution in [-0.4, -0.2) is 30.0 Å². The lowest BCUT2D eigenvalue weighted by atomic mass is 10.0. The van der Waals surface area contributed by atoms with Crippen LogP contribution >= 0.6 is 0 Å². The summed E-state index contributed by atoms with van der Waals surface area (Å²) in [6.07, 6.45) is 0.461. The van der Waals surface area contributed by atoms with E-state index in [9.17, 15) is 14.4 Å². The highest BCUT2D eigenvalue weighted by molar-refractivity contribution is 5.83. The zero-order valence-electron chi connectivity index (χ0n) is 14.8. The predicted molar refractivity (Wildman–Crippen MR) is 90.1 cm³/mol. The van der Waals surface area contributed by atoms with Crippen LogP contribution in [-0.2, 0) is 9.53 Å². The van der Waals surface area contributed by atoms with Gasteiger partial charge in [0.2, 0.25) is 0 Å². The lowest BCUT2D eigenvalue weighted by molar-refractivity contribution is -0.137. The van der Waals surface area contributed by atoms with Crippen LogP contribution in [0.4, 0.5) is 4.79 Å². The highest BCUT2D eigenvalue weighted by Crippen LogP contribution is 2.15. The predicted octanol–water partition coefficient (Wildman–Crippen LogP) is 3.34. The quantitative estimate of drug-likeness (QED) is 0.490. The Labute approximate surface area is 142 Å². The molecule has 0 saturated carbocycles. The van der Waals surface area contributed by atoms with Crippen molar-refractivity contribution >= 4 is 18.3 Å². The maximum atomic E-state index is 12.3. The minimum atomic E-state index is -0.814. The number of carbonyl (C=O) groups is 3. The van der Waals surface area contributed by atoms with E-state index in [-0.39, 0.29) is 5.92 Å². The summed E-state index contributed by atoms with van der Waals surface area (Å²) in [5, 5.41) is 2.56. The zero-order chi connectivity index (χ0) is 18.3. The Bertz CT molecular complexity index is 572. The van der Waals surface area contributed by atoms with Crippen LogP contribution in [0.1, 0.15) is 51.4 Å². The van der Waals surface area contributed by atoms with E-state index in [1.54, 1.807) is 32.9 Å². The number of ether oxygens (including phenoxy) is 2. The van der Waals surface area contributed by atoms with Crippen molar-refractivity contribution < 1.29 is 23.9 Å². The van der Waals surface area contributed by atoms with Gasteiger partial charge in [0.25, 0.3) is 0 Å². The minimum absolute atomic E-state index is 0.176. The largest absolute Gasteiger partial charge is 0.444 e. The van der Waals surface area contributed by atoms with Crippen molar-refractivity contribution in [3.8, 4) is 5.75 Å². The van der Waals surface area contributed by atoms with E-state index in [4.69, 9.17) is 9.47 Å². The second-order valence-corrected chi connectivity index (χ2v) is 6.94. The lowest BCUT2D eigenvalue weighted by Gasteiger charge is -2.23. The molecule has 1 aromatic rings. The third-order valence-corrected chi connectivity index (χ3v) is 2.92. The minimum Gasteiger partial charge on any atom is -0.444 e. The number of esters is 1. The average Bonchev–Trinajstić information content (AvgIpc) is 2.44. The summed E-state index contributed by atoms with van der Waals surface area (Å²) >= 11 is 0. The fourth-order valence-corrected chi connectivity index (χ4v) is 1.94. The molecule has 132 valence electrons. The van der Waals surface area contributed by atoms with Crippen LogP contribution in [0.5, 0.6) is 5.75 Å². The molecule has 0 radical (unpaired) electrons. The molecule has 0 spiro atoms. The highest BCUT2D eigenvalue weighted by Gasteiger charge is 2.26. The van der Waals surface area contributed by atoms with Gasteiger partial charge in [-0.3, -0.25) is 4.79 Å². The summed E-state index contributed by atoms with van der Waals surface area (Å²) in [5.41, 5.74) is -0.165. The number of hydrogen-bond donors (Lipinski definition) is 1. The molecule has 0 aromatic heterocycles. The SMILES string of the molecule is CC(C)CC(NC(=O)OC(C)(C)C)C(=O)Oc1ccc(C=O)cc1. The monoisotopic (exact) mass is 335 g/mol. The van der Waals surface area contributed by atoms with Gasteiger partial charge in [-0.2, -0.15) is 0 Å². The molecule has 24 heavy (non-hydrogen) atoms. The van der Waals surface area contributed by atoms with Gasteiger partial charge in [-0.25, -0.2) is 9.59 Å². The summed E-state index contributed by atoms with van der Waals surface area (Å²) in [7, 11) is 0. The van der Waals surface area contributed by atoms with Gasteiger partial charge in [-0.1, -0.05) is 13.8 Å². The van der Waals surface area contributed by atoms with Crippen LogP contribution < -0.4 is 10.1 Å². The van der Waals surface area contributed by atoms with Gasteiger partial charge in [-0.15, -0.1) is 0 Å². The van der Waals surface area contributed by atoms with Gasteiger partial charge in [0.15, 0.2) is 0 Å². The molecule has 1 amide bonds. The van der Waals surface area contributed by atoms with Crippen LogP contribution in [0.3, 0.4) is 0 Å². The molecule has 1 aromatic carbocycles. The maximum Gasteiger partial charge on any atom is 0.408 e. The van der Waals surface area contributed by atoms with E-state index in [0.29, 0.717) is 24.0 Å². The highest BCUT2D eigenvalue weighted by atomic mass is 16.6. The second kappa shape index (κ2) is 8.47. The molecule has 1 unspecified atom stereocenters. The Morgan fingerprint density at radius 3 is 2.21 bits per heavy atom. The number of nitrogens with one attached hydrogen (secondary N) is 1. The number of hydrogen-bond acceptors (Lipinski definition) is 5. The Morgan fingerprint density at radius 2 is 1.75 bits per heavy atom. The number of carbonyl (C=O) groups excluding carboxylic acids is 3. The van der Waals surface area contributed by atoms with Crippen molar-refractivity contribution in [2.24, 2.45) is 5.92 Å². The maximum absolute atomic E-state index is 12.3. The van der Waals surface area contributed by atoms with Gasteiger partial charge in [0.05, 0.1) is 0 Å². The van der Waals surface area contributed by atoms with E-state index in [0.717, 1.165) is 0 Å². The summed E-state index contributed by atoms with van der Waals surface area (Å²) in [6, 6.07) is 5.34. The van der Waals surface area contributed by atoms with Gasteiger partial charge in [-0.05, 0) is 57.4 Å². The Kier molecular flexibility index (Phi) is 6.95. The first-order valence-corrected chi connectivity index (χ1v) is 7.87. The van der Waals surface area contributed by atoms with Gasteiger partial charge in [0, 0.05) is 5.56 Å². The first kappa shape index (κ1) is 19.7. The van der Waals surface area contributed by atoms with Crippen LogP contribution in [0.25, 0.3) is 0 Å². The molecule has 0 saturated heterocycles. The molecule has 1 N–H and O–H groups in total. The van der Waals surface area contributed by atoms with Crippen molar-refractivity contribution in [3.63, 3.8) is 0 Å². The number of amides is 1. The number of alkyl carbamates (subject to hydrolysis) is 1. The van der Waals surface area contributed by atoms with Crippen molar-refractivity contribution in [1.29, 1.82) is 0 Å². The van der Waals surface area contributed by atoms with E-state index in [1.807, 2.05) is 13.8 Å². The molecular weight excluding hydrogens is 310 g/mol. The summed E-state index contributed by atoms with van der Waals surface area (Å²) in [4.78, 5) is 34.9. The topological polar surface area (TPSA) is 81.7 Å². The summed E-state index contributed by atoms with van der Waals surface area (Å²) in [6.45, 7) is 9.12. The lowest BCUT2D eigenvalue weighted by Crippen LogP contribution is -2.45. The molecular formula is C18H25NO5. The van der Waals surface area contributed by atoms with Crippen molar-refractivity contribution in [2.45, 2.75) is 52.7 Å². The normalized spacial score (nSPS) is 12.4. The average molecular weight is 335 g/mol. The van der Waals surface area contributed by atoms with E-state index in [1.165, 1.54) is 12.1 Å². The molecule has 0 aliphatic heterocycles. The van der Waals surface area contributed by atoms with Crippen molar-refractivity contribution in [2.75, 3.05) is 0 Å². The molecule has 6 nitrogen and oxygen atoms in total. The van der Waals surface area contributed by atoms with Crippen molar-refractivity contribution in [1.82, 2.24) is 5.32 Å². The standard InChI is InChI=1S/C18H25NO5/c1-12(2)10-15(19-17(22)24-18(3,4)5)16(21)23-14-8-6-13(11-20)7-9-14/h6-9,11-12,15H,10H2,1-5H3,(H,19,22). The third-order valence-electron chi connectivity index (χ3n) is 2.92. The zero-order valence-corrected chi connectivity index (χ0v) is 14.8. The van der Waals surface area contributed by atoms with Gasteiger partial charge >= 0.3 is 12.1 Å². The molecule has 0 heterocycles. The molecule has 0 aliphatic carbocycles. The molecule has 0 aliphatic rings.